The summed E-state index contributed by atoms with van der Waals surface area (Å²) < 4.78 is 32.4. The molecule has 0 saturated heterocycles. The predicted octanol–water partition coefficient (Wildman–Crippen LogP) is 2.93. The van der Waals surface area contributed by atoms with Gasteiger partial charge in [-0.1, -0.05) is 18.2 Å². The van der Waals surface area contributed by atoms with Gasteiger partial charge in [0.05, 0.1) is 12.8 Å². The Morgan fingerprint density at radius 1 is 1.20 bits per heavy atom. The van der Waals surface area contributed by atoms with E-state index >= 15 is 0 Å². The minimum absolute atomic E-state index is 0.0356. The van der Waals surface area contributed by atoms with E-state index in [1.807, 2.05) is 13.0 Å². The quantitative estimate of drug-likeness (QED) is 0.800. The van der Waals surface area contributed by atoms with Crippen molar-refractivity contribution in [1.82, 2.24) is 0 Å². The van der Waals surface area contributed by atoms with Crippen molar-refractivity contribution < 1.29 is 23.1 Å². The van der Waals surface area contributed by atoms with Crippen LogP contribution in [0.1, 0.15) is 11.1 Å². The van der Waals surface area contributed by atoms with E-state index in [9.17, 15) is 13.2 Å². The lowest BCUT2D eigenvalue weighted by Gasteiger charge is -2.21. The number of carboxylic acid groups (broad SMARTS) is 1. The lowest BCUT2D eigenvalue weighted by molar-refractivity contribution is -0.131. The second-order valence-corrected chi connectivity index (χ2v) is 7.33. The van der Waals surface area contributed by atoms with E-state index in [-0.39, 0.29) is 10.6 Å². The Bertz CT molecular complexity index is 919. The van der Waals surface area contributed by atoms with Gasteiger partial charge in [0.25, 0.3) is 10.0 Å². The van der Waals surface area contributed by atoms with Crippen LogP contribution < -0.4 is 9.04 Å². The number of aryl methyl sites for hydroxylation is 1. The lowest BCUT2D eigenvalue weighted by Crippen LogP contribution is -2.27. The zero-order valence-corrected chi connectivity index (χ0v) is 14.9. The maximum atomic E-state index is 13.0. The molecule has 2 aromatic carbocycles. The van der Waals surface area contributed by atoms with Crippen molar-refractivity contribution in [3.8, 4) is 5.75 Å². The van der Waals surface area contributed by atoms with Gasteiger partial charge in [-0.3, -0.25) is 4.31 Å². The average molecular weight is 361 g/mol. The molecule has 0 fully saturated rings. The maximum Gasteiger partial charge on any atom is 0.328 e. The first-order valence-corrected chi connectivity index (χ1v) is 8.84. The highest BCUT2D eigenvalue weighted by atomic mass is 32.2. The molecule has 0 aromatic heterocycles. The number of anilines is 1. The fourth-order valence-electron chi connectivity index (χ4n) is 2.28. The number of hydrogen-bond donors (Lipinski definition) is 1. The Labute approximate surface area is 147 Å². The molecule has 0 aliphatic rings. The van der Waals surface area contributed by atoms with E-state index in [0.717, 1.165) is 11.6 Å². The second-order valence-electron chi connectivity index (χ2n) is 5.39. The van der Waals surface area contributed by atoms with Crippen molar-refractivity contribution in [2.45, 2.75) is 11.8 Å². The minimum atomic E-state index is -3.89. The van der Waals surface area contributed by atoms with E-state index in [4.69, 9.17) is 9.84 Å². The summed E-state index contributed by atoms with van der Waals surface area (Å²) in [6, 6.07) is 11.6. The van der Waals surface area contributed by atoms with Crippen LogP contribution in [-0.4, -0.2) is 33.7 Å². The number of sulfonamides is 1. The molecule has 132 valence electrons. The average Bonchev–Trinajstić information content (AvgIpc) is 2.58. The Morgan fingerprint density at radius 2 is 1.92 bits per heavy atom. The summed E-state index contributed by atoms with van der Waals surface area (Å²) in [7, 11) is -1.04. The molecule has 2 aromatic rings. The van der Waals surface area contributed by atoms with E-state index in [1.54, 1.807) is 24.3 Å². The number of rotatable bonds is 6. The van der Waals surface area contributed by atoms with Gasteiger partial charge in [0, 0.05) is 13.1 Å². The molecule has 0 unspecified atom stereocenters. The summed E-state index contributed by atoms with van der Waals surface area (Å²) in [5, 5.41) is 8.73. The van der Waals surface area contributed by atoms with Crippen LogP contribution in [0.4, 0.5) is 5.69 Å². The van der Waals surface area contributed by atoms with Gasteiger partial charge < -0.3 is 9.84 Å². The minimum Gasteiger partial charge on any atom is -0.495 e. The fraction of sp³-hybridized carbons (Fsp3) is 0.167. The monoisotopic (exact) mass is 361 g/mol. The number of carbonyl (C=O) groups is 1. The van der Waals surface area contributed by atoms with Crippen LogP contribution >= 0.6 is 0 Å². The zero-order valence-electron chi connectivity index (χ0n) is 14.1. The zero-order chi connectivity index (χ0) is 18.6. The number of carboxylic acids is 1. The van der Waals surface area contributed by atoms with Gasteiger partial charge in [0.2, 0.25) is 0 Å². The number of ether oxygens (including phenoxy) is 1. The Balaban J connectivity index is 2.53. The molecule has 2 rings (SSSR count). The van der Waals surface area contributed by atoms with Crippen LogP contribution in [0.15, 0.2) is 53.4 Å². The largest absolute Gasteiger partial charge is 0.495 e. The summed E-state index contributed by atoms with van der Waals surface area (Å²) in [5.74, 6) is -0.927. The molecule has 0 bridgehead atoms. The Morgan fingerprint density at radius 3 is 2.52 bits per heavy atom. The first kappa shape index (κ1) is 18.5. The van der Waals surface area contributed by atoms with Crippen LogP contribution in [0.2, 0.25) is 0 Å². The van der Waals surface area contributed by atoms with Gasteiger partial charge in [-0.05, 0) is 48.4 Å². The van der Waals surface area contributed by atoms with E-state index in [0.29, 0.717) is 11.3 Å². The van der Waals surface area contributed by atoms with E-state index in [1.165, 1.54) is 36.7 Å². The lowest BCUT2D eigenvalue weighted by atomic mass is 10.2. The fourth-order valence-corrected chi connectivity index (χ4v) is 3.65. The van der Waals surface area contributed by atoms with E-state index < -0.39 is 16.0 Å². The summed E-state index contributed by atoms with van der Waals surface area (Å²) in [5.41, 5.74) is 1.90. The van der Waals surface area contributed by atoms with Gasteiger partial charge in [-0.15, -0.1) is 0 Å². The number of aliphatic carboxylic acids is 1. The number of methoxy groups -OCH3 is 1. The molecule has 0 aliphatic heterocycles. The van der Waals surface area contributed by atoms with Crippen LogP contribution in [0.25, 0.3) is 6.08 Å². The van der Waals surface area contributed by atoms with Crippen LogP contribution in [0.5, 0.6) is 5.75 Å². The smallest absolute Gasteiger partial charge is 0.328 e. The molecule has 0 amide bonds. The molecular weight excluding hydrogens is 342 g/mol. The van der Waals surface area contributed by atoms with Gasteiger partial charge >= 0.3 is 5.97 Å². The summed E-state index contributed by atoms with van der Waals surface area (Å²) in [4.78, 5) is 10.6. The third-order valence-electron chi connectivity index (χ3n) is 3.61. The molecule has 0 aliphatic carbocycles. The van der Waals surface area contributed by atoms with Gasteiger partial charge in [-0.25, -0.2) is 13.2 Å². The molecule has 0 atom stereocenters. The summed E-state index contributed by atoms with van der Waals surface area (Å²) in [6.45, 7) is 1.88. The molecule has 0 heterocycles. The van der Waals surface area contributed by atoms with Crippen LogP contribution in [-0.2, 0) is 14.8 Å². The molecule has 0 spiro atoms. The molecule has 0 saturated carbocycles. The Hall–Kier alpha value is -2.80. The topological polar surface area (TPSA) is 83.9 Å². The van der Waals surface area contributed by atoms with Crippen LogP contribution in [0.3, 0.4) is 0 Å². The molecule has 0 radical (unpaired) electrons. The highest BCUT2D eigenvalue weighted by Gasteiger charge is 2.25. The number of benzene rings is 2. The molecular formula is C18H19NO5S. The van der Waals surface area contributed by atoms with Gasteiger partial charge in [-0.2, -0.15) is 0 Å². The van der Waals surface area contributed by atoms with Crippen molar-refractivity contribution in [3.05, 3.63) is 59.7 Å². The van der Waals surface area contributed by atoms with Crippen molar-refractivity contribution in [1.29, 1.82) is 0 Å². The third-order valence-corrected chi connectivity index (χ3v) is 5.42. The SMILES string of the molecule is COc1ccc(/C=C/C(=O)O)cc1S(=O)(=O)N(C)c1cccc(C)c1. The number of hydrogen-bond acceptors (Lipinski definition) is 4. The normalized spacial score (nSPS) is 11.5. The van der Waals surface area contributed by atoms with Crippen molar-refractivity contribution >= 4 is 27.8 Å². The van der Waals surface area contributed by atoms with Crippen molar-refractivity contribution in [2.75, 3.05) is 18.5 Å². The van der Waals surface area contributed by atoms with Gasteiger partial charge in [0.1, 0.15) is 10.6 Å². The third kappa shape index (κ3) is 4.19. The first-order chi connectivity index (χ1) is 11.8. The van der Waals surface area contributed by atoms with Gasteiger partial charge in [0.15, 0.2) is 0 Å². The predicted molar refractivity (Wildman–Crippen MR) is 96.4 cm³/mol. The summed E-state index contributed by atoms with van der Waals surface area (Å²) >= 11 is 0. The highest BCUT2D eigenvalue weighted by molar-refractivity contribution is 7.92. The molecule has 1 N–H and O–H groups in total. The maximum absolute atomic E-state index is 13.0. The molecule has 7 heteroatoms. The number of nitrogens with zero attached hydrogens (tertiary/aromatic N) is 1. The molecule has 6 nitrogen and oxygen atoms in total. The second kappa shape index (κ2) is 7.40. The summed E-state index contributed by atoms with van der Waals surface area (Å²) in [6.07, 6.45) is 2.27. The van der Waals surface area contributed by atoms with Crippen molar-refractivity contribution in [2.24, 2.45) is 0 Å². The standard InChI is InChI=1S/C18H19NO5S/c1-13-5-4-6-15(11-13)19(2)25(22,23)17-12-14(8-10-18(20)21)7-9-16(17)24-3/h4-12H,1-3H3,(H,20,21)/b10-8+. The highest BCUT2D eigenvalue weighted by Crippen LogP contribution is 2.30. The first-order valence-electron chi connectivity index (χ1n) is 7.40. The molecule has 25 heavy (non-hydrogen) atoms. The Kier molecular flexibility index (Phi) is 5.48. The van der Waals surface area contributed by atoms with Crippen molar-refractivity contribution in [3.63, 3.8) is 0 Å². The van der Waals surface area contributed by atoms with E-state index in [2.05, 4.69) is 0 Å². The van der Waals surface area contributed by atoms with Crippen LogP contribution in [0, 0.1) is 6.92 Å².